The Morgan fingerprint density at radius 1 is 1.27 bits per heavy atom. The topological polar surface area (TPSA) is 54.0 Å². The van der Waals surface area contributed by atoms with Crippen molar-refractivity contribution in [2.45, 2.75) is 27.2 Å². The lowest BCUT2D eigenvalue weighted by Gasteiger charge is -2.11. The van der Waals surface area contributed by atoms with Gasteiger partial charge in [-0.3, -0.25) is 4.79 Å². The van der Waals surface area contributed by atoms with Gasteiger partial charge in [0.15, 0.2) is 0 Å². The van der Waals surface area contributed by atoms with Gasteiger partial charge in [-0.1, -0.05) is 31.5 Å². The van der Waals surface area contributed by atoms with Gasteiger partial charge in [-0.2, -0.15) is 0 Å². The van der Waals surface area contributed by atoms with Crippen molar-refractivity contribution in [1.29, 1.82) is 0 Å². The van der Waals surface area contributed by atoms with Gasteiger partial charge >= 0.3 is 0 Å². The molecule has 0 bridgehead atoms. The summed E-state index contributed by atoms with van der Waals surface area (Å²) in [5.74, 6) is 1.04. The number of benzene rings is 1. The van der Waals surface area contributed by atoms with Crippen LogP contribution in [0.4, 0.5) is 17.2 Å². The highest BCUT2D eigenvalue weighted by Crippen LogP contribution is 2.25. The Kier molecular flexibility index (Phi) is 5.39. The molecule has 5 heteroatoms. The van der Waals surface area contributed by atoms with E-state index in [-0.39, 0.29) is 5.91 Å². The van der Waals surface area contributed by atoms with Gasteiger partial charge in [-0.05, 0) is 42.7 Å². The van der Waals surface area contributed by atoms with E-state index < -0.39 is 0 Å². The first kappa shape index (κ1) is 16.3. The number of amides is 1. The van der Waals surface area contributed by atoms with Crippen LogP contribution in [0.3, 0.4) is 0 Å². The molecule has 0 atom stereocenters. The van der Waals surface area contributed by atoms with Gasteiger partial charge in [-0.15, -0.1) is 0 Å². The van der Waals surface area contributed by atoms with Crippen LogP contribution in [0.1, 0.15) is 25.8 Å². The number of carbonyl (C=O) groups excluding carboxylic acids is 1. The van der Waals surface area contributed by atoms with Gasteiger partial charge in [0.1, 0.15) is 5.82 Å². The predicted molar refractivity (Wildman–Crippen MR) is 91.8 cm³/mol. The number of rotatable bonds is 5. The Balaban J connectivity index is 2.03. The van der Waals surface area contributed by atoms with Gasteiger partial charge in [0.05, 0.1) is 11.9 Å². The monoisotopic (exact) mass is 317 g/mol. The molecule has 0 spiro atoms. The smallest absolute Gasteiger partial charge is 0.224 e. The molecule has 0 saturated heterocycles. The predicted octanol–water partition coefficient (Wildman–Crippen LogP) is 4.77. The number of carbonyl (C=O) groups is 1. The molecule has 1 aromatic carbocycles. The number of hydrogen-bond acceptors (Lipinski definition) is 3. The standard InChI is InChI=1S/C17H20ClN3O/c1-11(2)9-17(22)20-13-7-8-16(19-10-13)21-15-6-4-5-14(18)12(15)3/h4-8,10-11H,9H2,1-3H3,(H,19,21)(H,20,22). The highest BCUT2D eigenvalue weighted by atomic mass is 35.5. The fourth-order valence-electron chi connectivity index (χ4n) is 2.01. The molecule has 1 heterocycles. The second kappa shape index (κ2) is 7.27. The van der Waals surface area contributed by atoms with E-state index >= 15 is 0 Å². The van der Waals surface area contributed by atoms with Crippen LogP contribution in [0, 0.1) is 12.8 Å². The molecule has 0 fully saturated rings. The van der Waals surface area contributed by atoms with Gasteiger partial charge in [0, 0.05) is 17.1 Å². The van der Waals surface area contributed by atoms with Crippen LogP contribution in [0.25, 0.3) is 0 Å². The first-order chi connectivity index (χ1) is 10.5. The first-order valence-electron chi connectivity index (χ1n) is 7.23. The minimum absolute atomic E-state index is 0.00296. The second-order valence-corrected chi connectivity index (χ2v) is 6.02. The van der Waals surface area contributed by atoms with Crippen LogP contribution in [-0.4, -0.2) is 10.9 Å². The van der Waals surface area contributed by atoms with Crippen LogP contribution in [0.5, 0.6) is 0 Å². The molecule has 116 valence electrons. The van der Waals surface area contributed by atoms with Crippen LogP contribution < -0.4 is 10.6 Å². The molecule has 1 aromatic heterocycles. The van der Waals surface area contributed by atoms with E-state index in [1.807, 2.05) is 51.1 Å². The Morgan fingerprint density at radius 3 is 2.68 bits per heavy atom. The maximum Gasteiger partial charge on any atom is 0.224 e. The van der Waals surface area contributed by atoms with Crippen molar-refractivity contribution in [3.8, 4) is 0 Å². The summed E-state index contributed by atoms with van der Waals surface area (Å²) in [6.07, 6.45) is 2.14. The largest absolute Gasteiger partial charge is 0.340 e. The molecular weight excluding hydrogens is 298 g/mol. The van der Waals surface area contributed by atoms with Crippen LogP contribution in [0.15, 0.2) is 36.5 Å². The molecule has 4 nitrogen and oxygen atoms in total. The summed E-state index contributed by atoms with van der Waals surface area (Å²) in [5, 5.41) is 6.76. The first-order valence-corrected chi connectivity index (χ1v) is 7.61. The SMILES string of the molecule is Cc1c(Cl)cccc1Nc1ccc(NC(=O)CC(C)C)cn1. The zero-order chi connectivity index (χ0) is 16.1. The third-order valence-corrected chi connectivity index (χ3v) is 3.58. The minimum Gasteiger partial charge on any atom is -0.340 e. The quantitative estimate of drug-likeness (QED) is 0.835. The number of anilines is 3. The number of nitrogens with one attached hydrogen (secondary N) is 2. The highest BCUT2D eigenvalue weighted by Gasteiger charge is 2.06. The summed E-state index contributed by atoms with van der Waals surface area (Å²) < 4.78 is 0. The Hall–Kier alpha value is -2.07. The van der Waals surface area contributed by atoms with Crippen LogP contribution in [-0.2, 0) is 4.79 Å². The molecule has 22 heavy (non-hydrogen) atoms. The molecule has 2 aromatic rings. The average Bonchev–Trinajstić information content (AvgIpc) is 2.45. The summed E-state index contributed by atoms with van der Waals surface area (Å²) >= 11 is 6.10. The van der Waals surface area contributed by atoms with Crippen molar-refractivity contribution in [3.63, 3.8) is 0 Å². The van der Waals surface area contributed by atoms with Crippen molar-refractivity contribution in [3.05, 3.63) is 47.1 Å². The maximum atomic E-state index is 11.7. The normalized spacial score (nSPS) is 10.6. The molecule has 0 unspecified atom stereocenters. The fourth-order valence-corrected chi connectivity index (χ4v) is 2.18. The number of pyridine rings is 1. The summed E-state index contributed by atoms with van der Waals surface area (Å²) in [6, 6.07) is 9.33. The average molecular weight is 318 g/mol. The van der Waals surface area contributed by atoms with E-state index in [1.54, 1.807) is 6.20 Å². The van der Waals surface area contributed by atoms with Crippen molar-refractivity contribution in [2.75, 3.05) is 10.6 Å². The van der Waals surface area contributed by atoms with Gasteiger partial charge in [-0.25, -0.2) is 4.98 Å². The third-order valence-electron chi connectivity index (χ3n) is 3.17. The van der Waals surface area contributed by atoms with Gasteiger partial charge in [0.2, 0.25) is 5.91 Å². The van der Waals surface area contributed by atoms with Crippen molar-refractivity contribution in [1.82, 2.24) is 4.98 Å². The van der Waals surface area contributed by atoms with Gasteiger partial charge < -0.3 is 10.6 Å². The Labute approximate surface area is 135 Å². The van der Waals surface area contributed by atoms with E-state index in [2.05, 4.69) is 15.6 Å². The van der Waals surface area contributed by atoms with Crippen LogP contribution in [0.2, 0.25) is 5.02 Å². The summed E-state index contributed by atoms with van der Waals surface area (Å²) in [6.45, 7) is 5.97. The zero-order valence-corrected chi connectivity index (χ0v) is 13.7. The van der Waals surface area contributed by atoms with Crippen molar-refractivity contribution >= 4 is 34.7 Å². The Bertz CT molecular complexity index is 653. The zero-order valence-electron chi connectivity index (χ0n) is 13.0. The number of aromatic nitrogens is 1. The fraction of sp³-hybridized carbons (Fsp3) is 0.294. The number of nitrogens with zero attached hydrogens (tertiary/aromatic N) is 1. The van der Waals surface area contributed by atoms with E-state index in [9.17, 15) is 4.79 Å². The molecule has 2 rings (SSSR count). The van der Waals surface area contributed by atoms with E-state index in [4.69, 9.17) is 11.6 Å². The molecule has 2 N–H and O–H groups in total. The lowest BCUT2D eigenvalue weighted by atomic mass is 10.1. The Morgan fingerprint density at radius 2 is 2.05 bits per heavy atom. The molecule has 0 aliphatic carbocycles. The van der Waals surface area contributed by atoms with Crippen molar-refractivity contribution in [2.24, 2.45) is 5.92 Å². The highest BCUT2D eigenvalue weighted by molar-refractivity contribution is 6.31. The summed E-state index contributed by atoms with van der Waals surface area (Å²) in [7, 11) is 0. The van der Waals surface area contributed by atoms with E-state index in [0.717, 1.165) is 11.3 Å². The molecule has 0 aliphatic rings. The van der Waals surface area contributed by atoms with Crippen LogP contribution >= 0.6 is 11.6 Å². The second-order valence-electron chi connectivity index (χ2n) is 5.62. The molecule has 1 amide bonds. The lowest BCUT2D eigenvalue weighted by Crippen LogP contribution is -2.14. The number of halogens is 1. The molecule has 0 radical (unpaired) electrons. The van der Waals surface area contributed by atoms with Crippen molar-refractivity contribution < 1.29 is 4.79 Å². The third kappa shape index (κ3) is 4.46. The lowest BCUT2D eigenvalue weighted by molar-refractivity contribution is -0.116. The summed E-state index contributed by atoms with van der Waals surface area (Å²) in [4.78, 5) is 16.0. The van der Waals surface area contributed by atoms with Gasteiger partial charge in [0.25, 0.3) is 0 Å². The maximum absolute atomic E-state index is 11.7. The molecule has 0 saturated carbocycles. The minimum atomic E-state index is 0.00296. The summed E-state index contributed by atoms with van der Waals surface area (Å²) in [5.41, 5.74) is 2.58. The molecule has 0 aliphatic heterocycles. The van der Waals surface area contributed by atoms with E-state index in [1.165, 1.54) is 0 Å². The van der Waals surface area contributed by atoms with E-state index in [0.29, 0.717) is 28.9 Å². The number of hydrogen-bond donors (Lipinski definition) is 2. The molecular formula is C17H20ClN3O.